The Hall–Kier alpha value is -1.06. The first-order chi connectivity index (χ1) is 9.91. The second-order valence-electron chi connectivity index (χ2n) is 7.23. The number of carbonyl (C=O) groups is 2. The van der Waals surface area contributed by atoms with Gasteiger partial charge >= 0.3 is 0 Å². The van der Waals surface area contributed by atoms with E-state index in [1.165, 1.54) is 6.42 Å². The monoisotopic (exact) mass is 294 g/mol. The summed E-state index contributed by atoms with van der Waals surface area (Å²) in [6.07, 6.45) is 5.55. The van der Waals surface area contributed by atoms with E-state index in [4.69, 9.17) is 0 Å². The summed E-state index contributed by atoms with van der Waals surface area (Å²) < 4.78 is 0. The van der Waals surface area contributed by atoms with Crippen LogP contribution >= 0.6 is 0 Å². The van der Waals surface area contributed by atoms with Crippen molar-refractivity contribution in [2.45, 2.75) is 77.8 Å². The lowest BCUT2D eigenvalue weighted by Crippen LogP contribution is -2.71. The molecule has 21 heavy (non-hydrogen) atoms. The molecule has 0 radical (unpaired) electrons. The standard InChI is InChI=1S/C17H30N2O2/c1-5-14-15(20)18-17(9-7-6-8-10-17)16(21)19(14)11-13(4)12(2)3/h12-14H,5-11H2,1-4H3,(H,18,20). The van der Waals surface area contributed by atoms with Gasteiger partial charge in [0, 0.05) is 6.54 Å². The van der Waals surface area contributed by atoms with Crippen molar-refractivity contribution >= 4 is 11.8 Å². The van der Waals surface area contributed by atoms with Gasteiger partial charge in [0.25, 0.3) is 0 Å². The van der Waals surface area contributed by atoms with E-state index in [1.54, 1.807) is 0 Å². The van der Waals surface area contributed by atoms with Crippen molar-refractivity contribution in [1.82, 2.24) is 10.2 Å². The lowest BCUT2D eigenvalue weighted by Gasteiger charge is -2.48. The molecule has 1 heterocycles. The molecule has 2 atom stereocenters. The van der Waals surface area contributed by atoms with Crippen molar-refractivity contribution in [3.8, 4) is 0 Å². The second kappa shape index (κ2) is 6.37. The van der Waals surface area contributed by atoms with Crippen LogP contribution in [0.4, 0.5) is 0 Å². The third-order valence-electron chi connectivity index (χ3n) is 5.43. The Morgan fingerprint density at radius 1 is 1.19 bits per heavy atom. The van der Waals surface area contributed by atoms with Crippen molar-refractivity contribution in [2.75, 3.05) is 6.54 Å². The molecule has 0 aromatic rings. The summed E-state index contributed by atoms with van der Waals surface area (Å²) >= 11 is 0. The number of hydrogen-bond acceptors (Lipinski definition) is 2. The summed E-state index contributed by atoms with van der Waals surface area (Å²) in [5, 5.41) is 3.08. The molecule has 1 N–H and O–H groups in total. The normalized spacial score (nSPS) is 27.1. The third-order valence-corrected chi connectivity index (χ3v) is 5.43. The van der Waals surface area contributed by atoms with Gasteiger partial charge in [0.05, 0.1) is 0 Å². The molecule has 2 unspecified atom stereocenters. The van der Waals surface area contributed by atoms with Gasteiger partial charge in [-0.15, -0.1) is 0 Å². The molecule has 2 aliphatic rings. The van der Waals surface area contributed by atoms with Gasteiger partial charge in [0.1, 0.15) is 11.6 Å². The average molecular weight is 294 g/mol. The average Bonchev–Trinajstić information content (AvgIpc) is 2.45. The smallest absolute Gasteiger partial charge is 0.249 e. The van der Waals surface area contributed by atoms with E-state index in [1.807, 2.05) is 11.8 Å². The van der Waals surface area contributed by atoms with Crippen LogP contribution in [0.5, 0.6) is 0 Å². The molecule has 1 saturated heterocycles. The molecule has 4 heteroatoms. The zero-order chi connectivity index (χ0) is 15.6. The molecule has 0 bridgehead atoms. The molecular formula is C17H30N2O2. The Labute approximate surface area is 128 Å². The molecule has 1 spiro atoms. The Morgan fingerprint density at radius 3 is 2.33 bits per heavy atom. The highest BCUT2D eigenvalue weighted by molar-refractivity contribution is 5.99. The van der Waals surface area contributed by atoms with Crippen molar-refractivity contribution in [3.05, 3.63) is 0 Å². The fourth-order valence-corrected chi connectivity index (χ4v) is 3.56. The molecule has 1 aliphatic heterocycles. The number of amides is 2. The number of hydrogen-bond donors (Lipinski definition) is 1. The Bertz CT molecular complexity index is 400. The van der Waals surface area contributed by atoms with Gasteiger partial charge in [-0.3, -0.25) is 9.59 Å². The maximum atomic E-state index is 13.1. The van der Waals surface area contributed by atoms with Crippen LogP contribution in [0.15, 0.2) is 0 Å². The van der Waals surface area contributed by atoms with Gasteiger partial charge in [0.15, 0.2) is 0 Å². The van der Waals surface area contributed by atoms with Crippen LogP contribution < -0.4 is 5.32 Å². The van der Waals surface area contributed by atoms with Gasteiger partial charge in [-0.05, 0) is 31.1 Å². The third kappa shape index (κ3) is 3.09. The molecule has 2 amide bonds. The van der Waals surface area contributed by atoms with Crippen molar-refractivity contribution < 1.29 is 9.59 Å². The minimum atomic E-state index is -0.600. The van der Waals surface area contributed by atoms with Gasteiger partial charge < -0.3 is 10.2 Å². The van der Waals surface area contributed by atoms with E-state index < -0.39 is 5.54 Å². The van der Waals surface area contributed by atoms with E-state index in [0.717, 1.165) is 25.7 Å². The lowest BCUT2D eigenvalue weighted by molar-refractivity contribution is -0.157. The van der Waals surface area contributed by atoms with Gasteiger partial charge in [-0.25, -0.2) is 0 Å². The quantitative estimate of drug-likeness (QED) is 0.866. The van der Waals surface area contributed by atoms with Crippen LogP contribution in [0.25, 0.3) is 0 Å². The molecule has 4 nitrogen and oxygen atoms in total. The first-order valence-electron chi connectivity index (χ1n) is 8.54. The number of nitrogens with zero attached hydrogens (tertiary/aromatic N) is 1. The number of piperazine rings is 1. The summed E-state index contributed by atoms with van der Waals surface area (Å²) in [4.78, 5) is 27.5. The maximum absolute atomic E-state index is 13.1. The van der Waals surface area contributed by atoms with Crippen LogP contribution in [0.3, 0.4) is 0 Å². The van der Waals surface area contributed by atoms with Crippen LogP contribution in [-0.2, 0) is 9.59 Å². The van der Waals surface area contributed by atoms with E-state index in [-0.39, 0.29) is 17.9 Å². The molecular weight excluding hydrogens is 264 g/mol. The zero-order valence-electron chi connectivity index (χ0n) is 13.9. The van der Waals surface area contributed by atoms with E-state index in [0.29, 0.717) is 24.8 Å². The number of nitrogens with one attached hydrogen (secondary N) is 1. The summed E-state index contributed by atoms with van der Waals surface area (Å²) in [5.41, 5.74) is -0.600. The highest BCUT2D eigenvalue weighted by atomic mass is 16.2. The fourth-order valence-electron chi connectivity index (χ4n) is 3.56. The van der Waals surface area contributed by atoms with E-state index in [9.17, 15) is 9.59 Å². The van der Waals surface area contributed by atoms with Crippen LogP contribution in [0.1, 0.15) is 66.2 Å². The number of carbonyl (C=O) groups excluding carboxylic acids is 2. The summed E-state index contributed by atoms with van der Waals surface area (Å²) in [7, 11) is 0. The van der Waals surface area contributed by atoms with Crippen LogP contribution in [0, 0.1) is 11.8 Å². The van der Waals surface area contributed by atoms with Gasteiger partial charge in [-0.2, -0.15) is 0 Å². The summed E-state index contributed by atoms with van der Waals surface area (Å²) in [6.45, 7) is 9.21. The zero-order valence-corrected chi connectivity index (χ0v) is 13.9. The molecule has 0 aromatic heterocycles. The fraction of sp³-hybridized carbons (Fsp3) is 0.882. The largest absolute Gasteiger partial charge is 0.340 e. The Kier molecular flexibility index (Phi) is 4.95. The first-order valence-corrected chi connectivity index (χ1v) is 8.54. The SMILES string of the molecule is CCC1C(=O)NC2(CCCCC2)C(=O)N1CC(C)C(C)C. The Morgan fingerprint density at radius 2 is 1.81 bits per heavy atom. The second-order valence-corrected chi connectivity index (χ2v) is 7.23. The first kappa shape index (κ1) is 16.3. The van der Waals surface area contributed by atoms with Crippen molar-refractivity contribution in [2.24, 2.45) is 11.8 Å². The summed E-state index contributed by atoms with van der Waals surface area (Å²) in [6, 6.07) is -0.286. The van der Waals surface area contributed by atoms with Crippen molar-refractivity contribution in [3.63, 3.8) is 0 Å². The minimum absolute atomic E-state index is 0.0509. The highest BCUT2D eigenvalue weighted by Crippen LogP contribution is 2.34. The molecule has 0 aromatic carbocycles. The lowest BCUT2D eigenvalue weighted by atomic mass is 9.78. The molecule has 2 fully saturated rings. The van der Waals surface area contributed by atoms with Crippen LogP contribution in [-0.4, -0.2) is 34.8 Å². The predicted octanol–water partition coefficient (Wildman–Crippen LogP) is 2.72. The highest BCUT2D eigenvalue weighted by Gasteiger charge is 2.50. The van der Waals surface area contributed by atoms with Gasteiger partial charge in [0.2, 0.25) is 11.8 Å². The van der Waals surface area contributed by atoms with Crippen LogP contribution in [0.2, 0.25) is 0 Å². The molecule has 120 valence electrons. The van der Waals surface area contributed by atoms with E-state index >= 15 is 0 Å². The van der Waals surface area contributed by atoms with Gasteiger partial charge in [-0.1, -0.05) is 47.0 Å². The number of rotatable bonds is 4. The maximum Gasteiger partial charge on any atom is 0.249 e. The predicted molar refractivity (Wildman–Crippen MR) is 83.8 cm³/mol. The van der Waals surface area contributed by atoms with Crippen molar-refractivity contribution in [1.29, 1.82) is 0 Å². The molecule has 2 rings (SSSR count). The van der Waals surface area contributed by atoms with E-state index in [2.05, 4.69) is 26.1 Å². The minimum Gasteiger partial charge on any atom is -0.340 e. The topological polar surface area (TPSA) is 49.4 Å². The molecule has 1 saturated carbocycles. The molecule has 1 aliphatic carbocycles. The Balaban J connectivity index is 2.24. The summed E-state index contributed by atoms with van der Waals surface area (Å²) in [5.74, 6) is 1.15.